The van der Waals surface area contributed by atoms with Crippen LogP contribution in [0.3, 0.4) is 0 Å². The highest BCUT2D eigenvalue weighted by molar-refractivity contribution is 5.86. The Hall–Kier alpha value is -2.14. The van der Waals surface area contributed by atoms with Crippen molar-refractivity contribution in [1.29, 1.82) is 0 Å². The predicted molar refractivity (Wildman–Crippen MR) is 98.0 cm³/mol. The molecule has 0 atom stereocenters. The average molecular weight is 338 g/mol. The van der Waals surface area contributed by atoms with Crippen LogP contribution in [0.2, 0.25) is 0 Å². The molecule has 2 aliphatic rings. The van der Waals surface area contributed by atoms with Gasteiger partial charge in [0.05, 0.1) is 11.2 Å². The number of amides is 1. The highest BCUT2D eigenvalue weighted by Crippen LogP contribution is 2.31. The smallest absolute Gasteiger partial charge is 0.242 e. The summed E-state index contributed by atoms with van der Waals surface area (Å²) >= 11 is 0. The first kappa shape index (κ1) is 16.3. The molecule has 5 nitrogen and oxygen atoms in total. The van der Waals surface area contributed by atoms with Gasteiger partial charge in [0, 0.05) is 43.4 Å². The lowest BCUT2D eigenvalue weighted by molar-refractivity contribution is -0.136. The van der Waals surface area contributed by atoms with Crippen molar-refractivity contribution in [3.63, 3.8) is 0 Å². The lowest BCUT2D eigenvalue weighted by Gasteiger charge is -2.30. The molecule has 1 aliphatic heterocycles. The standard InChI is InChI=1S/C20H26N4O/c1-23-17-10-14-24(19(25)20(21)11-5-6-12-20)13-9-16(17)18(22-23)15-7-3-2-4-8-15/h2-4,7-8H,5-6,9-14,21H2,1H3. The van der Waals surface area contributed by atoms with E-state index < -0.39 is 5.54 Å². The first-order chi connectivity index (χ1) is 12.1. The second-order valence-corrected chi connectivity index (χ2v) is 7.42. The van der Waals surface area contributed by atoms with Crippen LogP contribution in [0, 0.1) is 0 Å². The van der Waals surface area contributed by atoms with Gasteiger partial charge in [-0.1, -0.05) is 43.2 Å². The minimum absolute atomic E-state index is 0.145. The van der Waals surface area contributed by atoms with Gasteiger partial charge in [0.25, 0.3) is 0 Å². The number of fused-ring (bicyclic) bond motifs is 1. The quantitative estimate of drug-likeness (QED) is 0.914. The minimum atomic E-state index is -0.628. The van der Waals surface area contributed by atoms with Crippen molar-refractivity contribution in [3.05, 3.63) is 41.6 Å². The van der Waals surface area contributed by atoms with Crippen molar-refractivity contribution in [3.8, 4) is 11.3 Å². The Morgan fingerprint density at radius 2 is 1.80 bits per heavy atom. The van der Waals surface area contributed by atoms with Crippen LogP contribution in [-0.4, -0.2) is 39.2 Å². The van der Waals surface area contributed by atoms with Crippen molar-refractivity contribution in [2.24, 2.45) is 12.8 Å². The van der Waals surface area contributed by atoms with Gasteiger partial charge in [0.15, 0.2) is 0 Å². The monoisotopic (exact) mass is 338 g/mol. The van der Waals surface area contributed by atoms with E-state index in [4.69, 9.17) is 10.8 Å². The summed E-state index contributed by atoms with van der Waals surface area (Å²) in [6.45, 7) is 1.47. The van der Waals surface area contributed by atoms with Gasteiger partial charge in [0.2, 0.25) is 5.91 Å². The third-order valence-electron chi connectivity index (χ3n) is 5.78. The maximum absolute atomic E-state index is 13.0. The molecular weight excluding hydrogens is 312 g/mol. The summed E-state index contributed by atoms with van der Waals surface area (Å²) in [6, 6.07) is 10.3. The van der Waals surface area contributed by atoms with Crippen LogP contribution < -0.4 is 5.73 Å². The van der Waals surface area contributed by atoms with Crippen LogP contribution in [0.15, 0.2) is 30.3 Å². The van der Waals surface area contributed by atoms with Crippen LogP contribution in [-0.2, 0) is 24.7 Å². The van der Waals surface area contributed by atoms with E-state index in [1.807, 2.05) is 34.8 Å². The van der Waals surface area contributed by atoms with E-state index in [0.29, 0.717) is 0 Å². The molecule has 1 amide bonds. The van der Waals surface area contributed by atoms with Crippen molar-refractivity contribution in [2.45, 2.75) is 44.1 Å². The number of nitrogens with zero attached hydrogens (tertiary/aromatic N) is 3. The fourth-order valence-electron chi connectivity index (χ4n) is 4.34. The van der Waals surface area contributed by atoms with E-state index in [9.17, 15) is 4.79 Å². The molecule has 0 bridgehead atoms. The Morgan fingerprint density at radius 3 is 2.52 bits per heavy atom. The van der Waals surface area contributed by atoms with Crippen LogP contribution >= 0.6 is 0 Å². The number of benzene rings is 1. The summed E-state index contributed by atoms with van der Waals surface area (Å²) in [4.78, 5) is 15.0. The van der Waals surface area contributed by atoms with Gasteiger partial charge < -0.3 is 10.6 Å². The predicted octanol–water partition coefficient (Wildman–Crippen LogP) is 2.29. The Bertz CT molecular complexity index is 774. The normalized spacial score (nSPS) is 19.5. The van der Waals surface area contributed by atoms with Crippen molar-refractivity contribution < 1.29 is 4.79 Å². The number of hydrogen-bond donors (Lipinski definition) is 1. The zero-order valence-electron chi connectivity index (χ0n) is 14.9. The molecule has 2 N–H and O–H groups in total. The molecular formula is C20H26N4O. The van der Waals surface area contributed by atoms with Crippen molar-refractivity contribution >= 4 is 5.91 Å². The molecule has 2 heterocycles. The SMILES string of the molecule is Cn1nc(-c2ccccc2)c2c1CCN(C(=O)C1(N)CCCC1)CC2. The minimum Gasteiger partial charge on any atom is -0.340 e. The Kier molecular flexibility index (Phi) is 4.12. The first-order valence-electron chi connectivity index (χ1n) is 9.27. The van der Waals surface area contributed by atoms with Crippen molar-refractivity contribution in [1.82, 2.24) is 14.7 Å². The fraction of sp³-hybridized carbons (Fsp3) is 0.500. The maximum atomic E-state index is 13.0. The Labute approximate surface area is 148 Å². The number of carbonyl (C=O) groups excluding carboxylic acids is 1. The topological polar surface area (TPSA) is 64.2 Å². The lowest BCUT2D eigenvalue weighted by atomic mass is 9.97. The van der Waals surface area contributed by atoms with E-state index in [2.05, 4.69) is 12.1 Å². The van der Waals surface area contributed by atoms with Gasteiger partial charge in [-0.2, -0.15) is 5.10 Å². The average Bonchev–Trinajstić information content (AvgIpc) is 3.12. The van der Waals surface area contributed by atoms with Crippen LogP contribution in [0.5, 0.6) is 0 Å². The number of hydrogen-bond acceptors (Lipinski definition) is 3. The summed E-state index contributed by atoms with van der Waals surface area (Å²) in [5, 5.41) is 4.75. The molecule has 0 unspecified atom stereocenters. The second-order valence-electron chi connectivity index (χ2n) is 7.42. The highest BCUT2D eigenvalue weighted by Gasteiger charge is 2.40. The number of aromatic nitrogens is 2. The molecule has 0 radical (unpaired) electrons. The van der Waals surface area contributed by atoms with E-state index in [1.54, 1.807) is 0 Å². The van der Waals surface area contributed by atoms with Gasteiger partial charge in [-0.15, -0.1) is 0 Å². The molecule has 0 spiro atoms. The zero-order valence-corrected chi connectivity index (χ0v) is 14.9. The molecule has 4 rings (SSSR count). The summed E-state index contributed by atoms with van der Waals surface area (Å²) in [5.74, 6) is 0.145. The van der Waals surface area contributed by atoms with E-state index in [1.165, 1.54) is 11.3 Å². The van der Waals surface area contributed by atoms with E-state index in [0.717, 1.165) is 62.9 Å². The first-order valence-corrected chi connectivity index (χ1v) is 9.27. The van der Waals surface area contributed by atoms with Crippen LogP contribution in [0.1, 0.15) is 36.9 Å². The fourth-order valence-corrected chi connectivity index (χ4v) is 4.34. The van der Waals surface area contributed by atoms with Gasteiger partial charge in [-0.05, 0) is 19.3 Å². The highest BCUT2D eigenvalue weighted by atomic mass is 16.2. The van der Waals surface area contributed by atoms with Gasteiger partial charge in [0.1, 0.15) is 0 Å². The van der Waals surface area contributed by atoms with Gasteiger partial charge in [-0.25, -0.2) is 0 Å². The molecule has 1 aliphatic carbocycles. The van der Waals surface area contributed by atoms with Crippen LogP contribution in [0.4, 0.5) is 0 Å². The van der Waals surface area contributed by atoms with Gasteiger partial charge in [-0.3, -0.25) is 9.48 Å². The summed E-state index contributed by atoms with van der Waals surface area (Å²) in [6.07, 6.45) is 5.47. The summed E-state index contributed by atoms with van der Waals surface area (Å²) in [7, 11) is 2.00. The summed E-state index contributed by atoms with van der Waals surface area (Å²) < 4.78 is 1.99. The second kappa shape index (κ2) is 6.30. The number of rotatable bonds is 2. The molecule has 1 aromatic heterocycles. The molecule has 132 valence electrons. The molecule has 25 heavy (non-hydrogen) atoms. The van der Waals surface area contributed by atoms with E-state index >= 15 is 0 Å². The van der Waals surface area contributed by atoms with E-state index in [-0.39, 0.29) is 5.91 Å². The third kappa shape index (κ3) is 2.86. The molecule has 1 saturated carbocycles. The van der Waals surface area contributed by atoms with Crippen molar-refractivity contribution in [2.75, 3.05) is 13.1 Å². The number of aryl methyl sites for hydroxylation is 1. The number of carbonyl (C=O) groups is 1. The maximum Gasteiger partial charge on any atom is 0.242 e. The third-order valence-corrected chi connectivity index (χ3v) is 5.78. The lowest BCUT2D eigenvalue weighted by Crippen LogP contribution is -2.54. The Morgan fingerprint density at radius 1 is 1.12 bits per heavy atom. The molecule has 1 aromatic carbocycles. The molecule has 0 saturated heterocycles. The largest absolute Gasteiger partial charge is 0.340 e. The molecule has 1 fully saturated rings. The van der Waals surface area contributed by atoms with Gasteiger partial charge >= 0.3 is 0 Å². The Balaban J connectivity index is 1.59. The molecule has 2 aromatic rings. The van der Waals surface area contributed by atoms with Crippen LogP contribution in [0.25, 0.3) is 11.3 Å². The summed E-state index contributed by atoms with van der Waals surface area (Å²) in [5.41, 5.74) is 10.5. The number of nitrogens with two attached hydrogens (primary N) is 1. The zero-order chi connectivity index (χ0) is 17.4. The molecule has 5 heteroatoms.